The van der Waals surface area contributed by atoms with Crippen LogP contribution in [0.4, 0.5) is 5.82 Å². The maximum absolute atomic E-state index is 5.54. The lowest BCUT2D eigenvalue weighted by molar-refractivity contribution is 1.24. The highest BCUT2D eigenvalue weighted by atomic mass is 32.1. The maximum atomic E-state index is 5.54. The number of nitrogens with zero attached hydrogens (tertiary/aromatic N) is 2. The van der Waals surface area contributed by atoms with E-state index in [0.717, 1.165) is 10.2 Å². The molecule has 2 N–H and O–H groups in total. The Morgan fingerprint density at radius 3 is 3.20 bits per heavy atom. The summed E-state index contributed by atoms with van der Waals surface area (Å²) in [6.07, 6.45) is 1.45. The van der Waals surface area contributed by atoms with Crippen LogP contribution in [0.5, 0.6) is 0 Å². The van der Waals surface area contributed by atoms with Crippen molar-refractivity contribution in [1.29, 1.82) is 0 Å². The molecule has 0 bridgehead atoms. The molecule has 2 rings (SSSR count). The predicted molar refractivity (Wildman–Crippen MR) is 40.7 cm³/mol. The molecule has 0 spiro atoms. The summed E-state index contributed by atoms with van der Waals surface area (Å²) >= 11 is 1.51. The van der Waals surface area contributed by atoms with Crippen molar-refractivity contribution in [1.82, 2.24) is 9.97 Å². The van der Waals surface area contributed by atoms with Gasteiger partial charge in [0.25, 0.3) is 0 Å². The van der Waals surface area contributed by atoms with Crippen LogP contribution in [0.15, 0.2) is 11.7 Å². The molecule has 0 aromatic carbocycles. The number of hydrogen-bond acceptors (Lipinski definition) is 4. The molecule has 4 heteroatoms. The zero-order chi connectivity index (χ0) is 6.97. The van der Waals surface area contributed by atoms with Crippen LogP contribution in [-0.2, 0) is 0 Å². The molecule has 2 aromatic heterocycles. The Labute approximate surface area is 61.5 Å². The van der Waals surface area contributed by atoms with Crippen molar-refractivity contribution >= 4 is 27.4 Å². The number of nitrogen functional groups attached to an aromatic ring is 1. The second kappa shape index (κ2) is 1.91. The molecule has 0 aliphatic rings. The summed E-state index contributed by atoms with van der Waals surface area (Å²) < 4.78 is 0.919. The minimum atomic E-state index is 0.538. The highest BCUT2D eigenvalue weighted by Gasteiger charge is 1.98. The van der Waals surface area contributed by atoms with Gasteiger partial charge in [0.2, 0.25) is 0 Å². The van der Waals surface area contributed by atoms with Gasteiger partial charge in [-0.25, -0.2) is 9.97 Å². The summed E-state index contributed by atoms with van der Waals surface area (Å²) in [4.78, 5) is 7.80. The molecule has 3 nitrogen and oxygen atoms in total. The molecule has 2 heterocycles. The monoisotopic (exact) mass is 150 g/mol. The third-order valence-electron chi connectivity index (χ3n) is 1.20. The van der Waals surface area contributed by atoms with Crippen LogP contribution in [0, 0.1) is 6.07 Å². The van der Waals surface area contributed by atoms with Crippen molar-refractivity contribution in [3.63, 3.8) is 0 Å². The van der Waals surface area contributed by atoms with E-state index in [1.807, 2.05) is 5.38 Å². The summed E-state index contributed by atoms with van der Waals surface area (Å²) in [6, 6.07) is 2.95. The second-order valence-electron chi connectivity index (χ2n) is 1.82. The van der Waals surface area contributed by atoms with E-state index >= 15 is 0 Å². The van der Waals surface area contributed by atoms with Gasteiger partial charge in [-0.05, 0) is 0 Å². The minimum Gasteiger partial charge on any atom is -0.382 e. The van der Waals surface area contributed by atoms with Crippen molar-refractivity contribution in [2.24, 2.45) is 0 Å². The third-order valence-corrected chi connectivity index (χ3v) is 2.08. The van der Waals surface area contributed by atoms with Gasteiger partial charge in [-0.2, -0.15) is 0 Å². The SMILES string of the molecule is Nc1ncnc2[c]csc12. The van der Waals surface area contributed by atoms with Gasteiger partial charge in [-0.3, -0.25) is 0 Å². The Bertz CT molecular complexity index is 355. The zero-order valence-corrected chi connectivity index (χ0v) is 5.85. The molecule has 0 saturated heterocycles. The Kier molecular flexibility index (Phi) is 1.07. The van der Waals surface area contributed by atoms with Crippen LogP contribution in [-0.4, -0.2) is 9.97 Å². The summed E-state index contributed by atoms with van der Waals surface area (Å²) in [7, 11) is 0. The van der Waals surface area contributed by atoms with Gasteiger partial charge in [0.15, 0.2) is 0 Å². The van der Waals surface area contributed by atoms with Crippen molar-refractivity contribution < 1.29 is 0 Å². The molecule has 0 amide bonds. The van der Waals surface area contributed by atoms with Crippen LogP contribution in [0.3, 0.4) is 0 Å². The fraction of sp³-hybridized carbons (Fsp3) is 0. The average Bonchev–Trinajstić information content (AvgIpc) is 2.36. The summed E-state index contributed by atoms with van der Waals surface area (Å²) in [5.41, 5.74) is 6.34. The van der Waals surface area contributed by atoms with Gasteiger partial charge in [-0.15, -0.1) is 11.3 Å². The zero-order valence-electron chi connectivity index (χ0n) is 5.03. The minimum absolute atomic E-state index is 0.538. The number of thiophene rings is 1. The Morgan fingerprint density at radius 2 is 2.40 bits per heavy atom. The van der Waals surface area contributed by atoms with Crippen LogP contribution in [0.1, 0.15) is 0 Å². The third kappa shape index (κ3) is 0.657. The van der Waals surface area contributed by atoms with E-state index in [0.29, 0.717) is 5.82 Å². The van der Waals surface area contributed by atoms with Crippen molar-refractivity contribution in [3.05, 3.63) is 17.8 Å². The molecular formula is C6H4N3S. The quantitative estimate of drug-likeness (QED) is 0.611. The number of hydrogen-bond donors (Lipinski definition) is 1. The second-order valence-corrected chi connectivity index (χ2v) is 2.70. The van der Waals surface area contributed by atoms with Gasteiger partial charge in [-0.1, -0.05) is 0 Å². The molecule has 49 valence electrons. The first-order valence-corrected chi connectivity index (χ1v) is 3.61. The first kappa shape index (κ1) is 5.61. The predicted octanol–water partition coefficient (Wildman–Crippen LogP) is 1.07. The normalized spacial score (nSPS) is 10.4. The molecule has 0 aliphatic carbocycles. The van der Waals surface area contributed by atoms with Gasteiger partial charge >= 0.3 is 0 Å². The molecule has 1 radical (unpaired) electrons. The standard InChI is InChI=1S/C6H4N3S/c7-6-5-4(1-2-10-5)8-3-9-6/h2-3H,(H2,7,8,9). The maximum Gasteiger partial charge on any atom is 0.144 e. The summed E-state index contributed by atoms with van der Waals surface area (Å²) in [5, 5.41) is 1.83. The smallest absolute Gasteiger partial charge is 0.144 e. The summed E-state index contributed by atoms with van der Waals surface area (Å²) in [6.45, 7) is 0. The van der Waals surface area contributed by atoms with Crippen LogP contribution in [0.2, 0.25) is 0 Å². The van der Waals surface area contributed by atoms with Gasteiger partial charge in [0, 0.05) is 11.4 Å². The molecule has 0 saturated carbocycles. The fourth-order valence-corrected chi connectivity index (χ4v) is 1.44. The average molecular weight is 150 g/mol. The van der Waals surface area contributed by atoms with Crippen LogP contribution < -0.4 is 5.73 Å². The number of anilines is 1. The van der Waals surface area contributed by atoms with Crippen LogP contribution in [0.25, 0.3) is 10.2 Å². The molecule has 0 unspecified atom stereocenters. The number of aromatic nitrogens is 2. The van der Waals surface area contributed by atoms with E-state index in [2.05, 4.69) is 16.0 Å². The highest BCUT2D eigenvalue weighted by molar-refractivity contribution is 7.17. The van der Waals surface area contributed by atoms with E-state index in [1.165, 1.54) is 17.7 Å². The van der Waals surface area contributed by atoms with Gasteiger partial charge in [0.1, 0.15) is 12.1 Å². The Balaban J connectivity index is 2.95. The van der Waals surface area contributed by atoms with E-state index in [9.17, 15) is 0 Å². The Hall–Kier alpha value is -1.16. The molecular weight excluding hydrogens is 146 g/mol. The van der Waals surface area contributed by atoms with E-state index in [1.54, 1.807) is 0 Å². The molecule has 2 aromatic rings. The first-order chi connectivity index (χ1) is 4.88. The van der Waals surface area contributed by atoms with E-state index in [4.69, 9.17) is 5.73 Å². The topological polar surface area (TPSA) is 51.8 Å². The lowest BCUT2D eigenvalue weighted by Crippen LogP contribution is -1.89. The molecule has 0 atom stereocenters. The Morgan fingerprint density at radius 1 is 1.50 bits per heavy atom. The van der Waals surface area contributed by atoms with Crippen LogP contribution >= 0.6 is 11.3 Å². The van der Waals surface area contributed by atoms with Crippen molar-refractivity contribution in [3.8, 4) is 0 Å². The molecule has 0 fully saturated rings. The van der Waals surface area contributed by atoms with E-state index < -0.39 is 0 Å². The van der Waals surface area contributed by atoms with Crippen molar-refractivity contribution in [2.75, 3.05) is 5.73 Å². The van der Waals surface area contributed by atoms with E-state index in [-0.39, 0.29) is 0 Å². The lowest BCUT2D eigenvalue weighted by atomic mass is 10.4. The lowest BCUT2D eigenvalue weighted by Gasteiger charge is -1.89. The van der Waals surface area contributed by atoms with Gasteiger partial charge < -0.3 is 5.73 Å². The number of fused-ring (bicyclic) bond motifs is 1. The highest BCUT2D eigenvalue weighted by Crippen LogP contribution is 2.21. The molecule has 10 heavy (non-hydrogen) atoms. The largest absolute Gasteiger partial charge is 0.382 e. The first-order valence-electron chi connectivity index (χ1n) is 2.73. The molecule has 0 aliphatic heterocycles. The summed E-state index contributed by atoms with van der Waals surface area (Å²) in [5.74, 6) is 0.538. The van der Waals surface area contributed by atoms with Gasteiger partial charge in [0.05, 0.1) is 10.2 Å². The number of rotatable bonds is 0. The number of nitrogens with two attached hydrogens (primary N) is 1. The fourth-order valence-electron chi connectivity index (χ4n) is 0.751. The van der Waals surface area contributed by atoms with Crippen molar-refractivity contribution in [2.45, 2.75) is 0 Å².